The molecule has 0 heterocycles. The number of phenols is 1. The number of nitrogens with one attached hydrogen (secondary N) is 6. The Labute approximate surface area is 313 Å². The van der Waals surface area contributed by atoms with E-state index in [-0.39, 0.29) is 25.0 Å². The highest BCUT2D eigenvalue weighted by Gasteiger charge is 2.31. The van der Waals surface area contributed by atoms with Gasteiger partial charge in [0.1, 0.15) is 36.0 Å². The first-order chi connectivity index (χ1) is 25.5. The number of benzene rings is 2. The molecule has 0 aliphatic carbocycles. The number of amides is 6. The van der Waals surface area contributed by atoms with Gasteiger partial charge in [0, 0.05) is 6.42 Å². The fourth-order valence-electron chi connectivity index (χ4n) is 5.06. The van der Waals surface area contributed by atoms with Crippen LogP contribution in [0, 0.1) is 0 Å². The van der Waals surface area contributed by atoms with E-state index in [0.717, 1.165) is 0 Å². The Kier molecular flexibility index (Phi) is 18.5. The maximum absolute atomic E-state index is 13.2. The molecule has 6 amide bonds. The molecule has 0 spiro atoms. The highest BCUT2D eigenvalue weighted by atomic mass is 16.4. The summed E-state index contributed by atoms with van der Waals surface area (Å²) < 4.78 is 0. The van der Waals surface area contributed by atoms with Crippen molar-refractivity contribution in [1.82, 2.24) is 31.9 Å². The Morgan fingerprint density at radius 2 is 1.24 bits per heavy atom. The third-order valence-corrected chi connectivity index (χ3v) is 8.21. The van der Waals surface area contributed by atoms with Crippen molar-refractivity contribution in [2.45, 2.75) is 95.2 Å². The van der Waals surface area contributed by atoms with Gasteiger partial charge in [-0.25, -0.2) is 4.79 Å². The van der Waals surface area contributed by atoms with Crippen LogP contribution in [0.2, 0.25) is 0 Å². The minimum absolute atomic E-state index is 0.00632. The van der Waals surface area contributed by atoms with Crippen molar-refractivity contribution in [2.24, 2.45) is 11.5 Å². The molecule has 0 aliphatic heterocycles. The number of aliphatic carboxylic acids is 1. The number of hydrogen-bond donors (Lipinski definition) is 11. The van der Waals surface area contributed by atoms with Crippen LogP contribution in [0.3, 0.4) is 0 Å². The lowest BCUT2D eigenvalue weighted by atomic mass is 10.0. The highest BCUT2D eigenvalue weighted by molar-refractivity contribution is 5.96. The number of unbranched alkanes of at least 4 members (excludes halogenated alkanes) is 1. The number of carbonyl (C=O) groups excluding carboxylic acids is 6. The summed E-state index contributed by atoms with van der Waals surface area (Å²) in [6, 6.07) is 7.42. The molecule has 0 saturated carbocycles. The Balaban J connectivity index is 1.96. The minimum Gasteiger partial charge on any atom is -0.508 e. The number of carboxylic acid groups (broad SMARTS) is 1. The average molecular weight is 757 g/mol. The summed E-state index contributed by atoms with van der Waals surface area (Å²) in [6.07, 6.45) is -0.162. The van der Waals surface area contributed by atoms with Gasteiger partial charge in [0.05, 0.1) is 18.7 Å². The summed E-state index contributed by atoms with van der Waals surface area (Å²) in [5, 5.41) is 43.7. The Morgan fingerprint density at radius 1 is 0.667 bits per heavy atom. The third kappa shape index (κ3) is 15.6. The molecular formula is C36H52N8O10. The fraction of sp³-hybridized carbons (Fsp3) is 0.472. The van der Waals surface area contributed by atoms with Gasteiger partial charge in [0.25, 0.3) is 0 Å². The van der Waals surface area contributed by atoms with Crippen LogP contribution in [0.4, 0.5) is 0 Å². The average Bonchev–Trinajstić information content (AvgIpc) is 3.12. The van der Waals surface area contributed by atoms with Crippen LogP contribution in [0.5, 0.6) is 5.75 Å². The lowest BCUT2D eigenvalue weighted by Gasteiger charge is -2.24. The van der Waals surface area contributed by atoms with Gasteiger partial charge in [-0.15, -0.1) is 0 Å². The van der Waals surface area contributed by atoms with Crippen LogP contribution in [-0.4, -0.2) is 112 Å². The molecule has 0 saturated heterocycles. The van der Waals surface area contributed by atoms with E-state index in [1.54, 1.807) is 42.5 Å². The Hall–Kier alpha value is -5.59. The smallest absolute Gasteiger partial charge is 0.326 e. The molecule has 296 valence electrons. The number of aliphatic hydroxyl groups is 1. The van der Waals surface area contributed by atoms with Gasteiger partial charge in [-0.3, -0.25) is 28.8 Å². The number of hydrogen-bond acceptors (Lipinski definition) is 11. The van der Waals surface area contributed by atoms with Crippen LogP contribution in [-0.2, 0) is 46.4 Å². The minimum atomic E-state index is -1.56. The van der Waals surface area contributed by atoms with E-state index in [1.807, 2.05) is 0 Å². The highest BCUT2D eigenvalue weighted by Crippen LogP contribution is 2.11. The molecule has 2 rings (SSSR count). The van der Waals surface area contributed by atoms with Crippen LogP contribution in [0.15, 0.2) is 54.6 Å². The van der Waals surface area contributed by atoms with Crippen LogP contribution >= 0.6 is 0 Å². The van der Waals surface area contributed by atoms with E-state index in [9.17, 15) is 48.9 Å². The molecule has 0 bridgehead atoms. The van der Waals surface area contributed by atoms with E-state index in [1.165, 1.54) is 32.9 Å². The van der Waals surface area contributed by atoms with Gasteiger partial charge in [-0.1, -0.05) is 42.5 Å². The van der Waals surface area contributed by atoms with E-state index >= 15 is 0 Å². The lowest BCUT2D eigenvalue weighted by Crippen LogP contribution is -2.59. The number of aliphatic hydroxyl groups excluding tert-OH is 1. The van der Waals surface area contributed by atoms with E-state index < -0.39 is 90.3 Å². The zero-order valence-electron chi connectivity index (χ0n) is 30.5. The molecule has 0 radical (unpaired) electrons. The van der Waals surface area contributed by atoms with Crippen molar-refractivity contribution in [1.29, 1.82) is 0 Å². The van der Waals surface area contributed by atoms with Crippen LogP contribution in [0.1, 0.15) is 51.2 Å². The largest absolute Gasteiger partial charge is 0.508 e. The summed E-state index contributed by atoms with van der Waals surface area (Å²) in [5.41, 5.74) is 12.8. The van der Waals surface area contributed by atoms with Crippen molar-refractivity contribution in [3.8, 4) is 5.75 Å². The third-order valence-electron chi connectivity index (χ3n) is 8.21. The number of carbonyl (C=O) groups is 7. The quantitative estimate of drug-likeness (QED) is 0.0565. The molecule has 0 fully saturated rings. The topological polar surface area (TPSA) is 304 Å². The lowest BCUT2D eigenvalue weighted by molar-refractivity contribution is -0.142. The number of carboxylic acids is 1. The number of phenolic OH excluding ortho intramolecular Hbond substituents is 1. The molecule has 13 N–H and O–H groups in total. The second-order valence-corrected chi connectivity index (χ2v) is 12.9. The monoisotopic (exact) mass is 756 g/mol. The first kappa shape index (κ1) is 44.6. The molecule has 0 unspecified atom stereocenters. The molecule has 2 aromatic carbocycles. The normalized spacial score (nSPS) is 14.8. The molecule has 0 aliphatic rings. The second-order valence-electron chi connectivity index (χ2n) is 12.9. The molecule has 7 atom stereocenters. The molecule has 0 aromatic heterocycles. The van der Waals surface area contributed by atoms with E-state index in [0.29, 0.717) is 30.5 Å². The van der Waals surface area contributed by atoms with Crippen LogP contribution < -0.4 is 43.4 Å². The zero-order chi connectivity index (χ0) is 40.4. The maximum atomic E-state index is 13.2. The Bertz CT molecular complexity index is 1570. The van der Waals surface area contributed by atoms with Gasteiger partial charge in [0.15, 0.2) is 0 Å². The summed E-state index contributed by atoms with van der Waals surface area (Å²) in [4.78, 5) is 89.1. The van der Waals surface area contributed by atoms with Crippen molar-refractivity contribution < 1.29 is 48.9 Å². The van der Waals surface area contributed by atoms with Gasteiger partial charge in [0.2, 0.25) is 35.4 Å². The molecule has 18 nitrogen and oxygen atoms in total. The predicted molar refractivity (Wildman–Crippen MR) is 196 cm³/mol. The molecule has 54 heavy (non-hydrogen) atoms. The van der Waals surface area contributed by atoms with E-state index in [4.69, 9.17) is 11.5 Å². The maximum Gasteiger partial charge on any atom is 0.326 e. The van der Waals surface area contributed by atoms with Gasteiger partial charge >= 0.3 is 5.97 Å². The number of aromatic hydroxyl groups is 1. The SMILES string of the molecule is C[C@H](NC(=O)[C@H](C)NC(=O)[C@@H](N)Cc1ccc(O)cc1)C(=O)N[C@H](C(=O)NCC(=O)N[C@@H](Cc1ccccc1)C(=O)N[C@@H](CCCCN)C(=O)O)[C@@H](C)O. The summed E-state index contributed by atoms with van der Waals surface area (Å²) in [6.45, 7) is 3.60. The van der Waals surface area contributed by atoms with Gasteiger partial charge in [-0.05, 0) is 76.3 Å². The predicted octanol–water partition coefficient (Wildman–Crippen LogP) is -2.32. The van der Waals surface area contributed by atoms with Gasteiger partial charge in [-0.2, -0.15) is 0 Å². The first-order valence-electron chi connectivity index (χ1n) is 17.5. The van der Waals surface area contributed by atoms with E-state index in [2.05, 4.69) is 31.9 Å². The number of nitrogens with two attached hydrogens (primary N) is 2. The van der Waals surface area contributed by atoms with Crippen molar-refractivity contribution >= 4 is 41.4 Å². The molecule has 18 heteroatoms. The van der Waals surface area contributed by atoms with Gasteiger partial charge < -0.3 is 58.7 Å². The van der Waals surface area contributed by atoms with Crippen LogP contribution in [0.25, 0.3) is 0 Å². The van der Waals surface area contributed by atoms with Crippen molar-refractivity contribution in [3.63, 3.8) is 0 Å². The summed E-state index contributed by atoms with van der Waals surface area (Å²) >= 11 is 0. The second kappa shape index (κ2) is 22.5. The zero-order valence-corrected chi connectivity index (χ0v) is 30.5. The standard InChI is InChI=1S/C36H52N8O10/c1-20(41-33(50)26(38)17-24-12-14-25(46)15-13-24)31(48)40-21(2)32(49)44-30(22(3)45)35(52)39-19-29(47)42-28(18-23-9-5-4-6-10-23)34(51)43-27(36(53)54)11-7-8-16-37/h4-6,9-10,12-15,20-22,26-28,30,45-46H,7-8,11,16-19,37-38H2,1-3H3,(H,39,52)(H,40,48)(H,41,50)(H,42,47)(H,43,51)(H,44,49)(H,53,54)/t20-,21-,22+,26-,27-,28-,30-/m0/s1. The molecule has 2 aromatic rings. The molecular weight excluding hydrogens is 704 g/mol. The summed E-state index contributed by atoms with van der Waals surface area (Å²) in [5.74, 6) is -5.95. The fourth-order valence-corrected chi connectivity index (χ4v) is 5.06. The van der Waals surface area contributed by atoms with Crippen molar-refractivity contribution in [2.75, 3.05) is 13.1 Å². The first-order valence-corrected chi connectivity index (χ1v) is 17.5. The summed E-state index contributed by atoms with van der Waals surface area (Å²) in [7, 11) is 0. The Morgan fingerprint density at radius 3 is 1.81 bits per heavy atom. The van der Waals surface area contributed by atoms with Crippen molar-refractivity contribution in [3.05, 3.63) is 65.7 Å². The number of rotatable bonds is 22.